The zero-order valence-electron chi connectivity index (χ0n) is 17.7. The molecule has 0 amide bonds. The van der Waals surface area contributed by atoms with E-state index < -0.39 is 54.6 Å². The highest BCUT2D eigenvalue weighted by atomic mass is 16.7. The summed E-state index contributed by atoms with van der Waals surface area (Å²) in [5.41, 5.74) is 0.303. The Kier molecular flexibility index (Phi) is 7.61. The van der Waals surface area contributed by atoms with Gasteiger partial charge in [0.05, 0.1) is 13.7 Å². The molecule has 0 aliphatic carbocycles. The standard InChI is InChI=1S/C22H26O11/c1-31-16-5-3-10(6-13(16)25)2-4-12(24)18-14(26)7-11(8-15(18)27)32-22-21(30)20(29)19(28)17(9-23)33-22/h3,5-8,17,19-23,25-30H,2,4,9H2,1H3/t17-,19-,20+,21-,22?/m1/s1. The lowest BCUT2D eigenvalue weighted by Gasteiger charge is -2.39. The minimum atomic E-state index is -1.69. The molecule has 33 heavy (non-hydrogen) atoms. The number of phenolic OH excluding ortho intramolecular Hbond substituents is 3. The number of aromatic hydroxyl groups is 3. The van der Waals surface area contributed by atoms with Crippen molar-refractivity contribution < 1.29 is 54.8 Å². The highest BCUT2D eigenvalue weighted by Crippen LogP contribution is 2.35. The zero-order valence-corrected chi connectivity index (χ0v) is 17.7. The number of carbonyl (C=O) groups is 1. The van der Waals surface area contributed by atoms with Crippen molar-refractivity contribution in [2.45, 2.75) is 43.5 Å². The molecule has 2 aromatic rings. The van der Waals surface area contributed by atoms with E-state index in [1.807, 2.05) is 0 Å². The maximum Gasteiger partial charge on any atom is 0.229 e. The van der Waals surface area contributed by atoms with Crippen LogP contribution in [0.2, 0.25) is 0 Å². The fraction of sp³-hybridized carbons (Fsp3) is 0.409. The van der Waals surface area contributed by atoms with E-state index in [1.54, 1.807) is 12.1 Å². The molecule has 1 unspecified atom stereocenters. The number of ketones is 1. The lowest BCUT2D eigenvalue weighted by atomic mass is 9.99. The minimum absolute atomic E-state index is 0.0807. The summed E-state index contributed by atoms with van der Waals surface area (Å²) in [6.45, 7) is -0.652. The molecule has 1 aliphatic rings. The number of ether oxygens (including phenoxy) is 3. The monoisotopic (exact) mass is 466 g/mol. The second kappa shape index (κ2) is 10.2. The van der Waals surface area contributed by atoms with Crippen LogP contribution in [-0.4, -0.2) is 86.0 Å². The Hall–Kier alpha value is -3.09. The van der Waals surface area contributed by atoms with Crippen molar-refractivity contribution in [2.24, 2.45) is 0 Å². The van der Waals surface area contributed by atoms with Crippen LogP contribution in [0.3, 0.4) is 0 Å². The predicted octanol–water partition coefficient (Wildman–Crippen LogP) is -0.194. The number of rotatable bonds is 8. The summed E-state index contributed by atoms with van der Waals surface area (Å²) in [5, 5.41) is 69.3. The zero-order chi connectivity index (χ0) is 24.3. The summed E-state index contributed by atoms with van der Waals surface area (Å²) in [7, 11) is 1.41. The van der Waals surface area contributed by atoms with Gasteiger partial charge >= 0.3 is 0 Å². The third kappa shape index (κ3) is 5.29. The van der Waals surface area contributed by atoms with Gasteiger partial charge in [0.15, 0.2) is 17.3 Å². The maximum absolute atomic E-state index is 12.6. The number of carbonyl (C=O) groups excluding carboxylic acids is 1. The summed E-state index contributed by atoms with van der Waals surface area (Å²) in [6.07, 6.45) is -7.51. The number of Topliss-reactive ketones (excluding diaryl/α,β-unsaturated/α-hetero) is 1. The molecular weight excluding hydrogens is 440 g/mol. The van der Waals surface area contributed by atoms with E-state index in [-0.39, 0.29) is 35.7 Å². The van der Waals surface area contributed by atoms with Gasteiger partial charge in [0.1, 0.15) is 47.2 Å². The van der Waals surface area contributed by atoms with Gasteiger partial charge in [0, 0.05) is 18.6 Å². The topological polar surface area (TPSA) is 186 Å². The van der Waals surface area contributed by atoms with Gasteiger partial charge in [0.2, 0.25) is 6.29 Å². The fourth-order valence-corrected chi connectivity index (χ4v) is 3.51. The molecule has 1 saturated heterocycles. The van der Waals surface area contributed by atoms with E-state index in [9.17, 15) is 40.5 Å². The molecule has 5 atom stereocenters. The molecule has 0 aromatic heterocycles. The molecule has 0 spiro atoms. The lowest BCUT2D eigenvalue weighted by Crippen LogP contribution is -2.60. The Labute approximate surface area is 188 Å². The summed E-state index contributed by atoms with van der Waals surface area (Å²) in [4.78, 5) is 12.6. The lowest BCUT2D eigenvalue weighted by molar-refractivity contribution is -0.277. The summed E-state index contributed by atoms with van der Waals surface area (Å²) in [5.74, 6) is -1.72. The average Bonchev–Trinajstić information content (AvgIpc) is 2.77. The first-order chi connectivity index (χ1) is 15.7. The van der Waals surface area contributed by atoms with Crippen molar-refractivity contribution in [3.05, 3.63) is 41.5 Å². The number of hydrogen-bond donors (Lipinski definition) is 7. The van der Waals surface area contributed by atoms with Gasteiger partial charge in [-0.2, -0.15) is 0 Å². The largest absolute Gasteiger partial charge is 0.507 e. The van der Waals surface area contributed by atoms with Crippen molar-refractivity contribution >= 4 is 5.78 Å². The Morgan fingerprint density at radius 1 is 0.970 bits per heavy atom. The summed E-state index contributed by atoms with van der Waals surface area (Å²) < 4.78 is 15.5. The molecule has 7 N–H and O–H groups in total. The number of benzene rings is 2. The number of methoxy groups -OCH3 is 1. The van der Waals surface area contributed by atoms with Crippen LogP contribution in [0, 0.1) is 0 Å². The van der Waals surface area contributed by atoms with Gasteiger partial charge in [0.25, 0.3) is 0 Å². The molecular formula is C22H26O11. The molecule has 0 radical (unpaired) electrons. The number of aryl methyl sites for hydroxylation is 1. The second-order valence-corrected chi connectivity index (χ2v) is 7.58. The summed E-state index contributed by atoms with van der Waals surface area (Å²) >= 11 is 0. The smallest absolute Gasteiger partial charge is 0.229 e. The van der Waals surface area contributed by atoms with Gasteiger partial charge in [-0.1, -0.05) is 6.07 Å². The first-order valence-electron chi connectivity index (χ1n) is 10.1. The molecule has 1 aliphatic heterocycles. The van der Waals surface area contributed by atoms with Crippen molar-refractivity contribution in [1.82, 2.24) is 0 Å². The molecule has 1 fully saturated rings. The molecule has 180 valence electrons. The Bertz CT molecular complexity index is 967. The summed E-state index contributed by atoms with van der Waals surface area (Å²) in [6, 6.07) is 6.71. The number of phenols is 3. The van der Waals surface area contributed by atoms with Gasteiger partial charge < -0.3 is 50.0 Å². The first kappa shape index (κ1) is 24.6. The minimum Gasteiger partial charge on any atom is -0.507 e. The maximum atomic E-state index is 12.6. The van der Waals surface area contributed by atoms with Gasteiger partial charge in [-0.15, -0.1) is 0 Å². The predicted molar refractivity (Wildman–Crippen MR) is 111 cm³/mol. The Morgan fingerprint density at radius 2 is 1.64 bits per heavy atom. The van der Waals surface area contributed by atoms with Crippen LogP contribution in [0.15, 0.2) is 30.3 Å². The highest BCUT2D eigenvalue weighted by Gasteiger charge is 2.44. The fourth-order valence-electron chi connectivity index (χ4n) is 3.51. The molecule has 3 rings (SSSR count). The number of aliphatic hydroxyl groups excluding tert-OH is 4. The first-order valence-corrected chi connectivity index (χ1v) is 10.1. The van der Waals surface area contributed by atoms with Gasteiger partial charge in [-0.25, -0.2) is 0 Å². The van der Waals surface area contributed by atoms with E-state index in [1.165, 1.54) is 13.2 Å². The van der Waals surface area contributed by atoms with Crippen LogP contribution in [0.5, 0.6) is 28.7 Å². The van der Waals surface area contributed by atoms with Crippen LogP contribution in [0.1, 0.15) is 22.3 Å². The van der Waals surface area contributed by atoms with Crippen molar-refractivity contribution in [2.75, 3.05) is 13.7 Å². The van der Waals surface area contributed by atoms with Crippen LogP contribution in [0.4, 0.5) is 0 Å². The van der Waals surface area contributed by atoms with Gasteiger partial charge in [-0.05, 0) is 24.1 Å². The molecule has 1 heterocycles. The van der Waals surface area contributed by atoms with E-state index in [0.29, 0.717) is 5.56 Å². The van der Waals surface area contributed by atoms with Crippen molar-refractivity contribution in [1.29, 1.82) is 0 Å². The van der Waals surface area contributed by atoms with Crippen LogP contribution in [-0.2, 0) is 11.2 Å². The molecule has 2 aromatic carbocycles. The van der Waals surface area contributed by atoms with Gasteiger partial charge in [-0.3, -0.25) is 4.79 Å². The van der Waals surface area contributed by atoms with E-state index >= 15 is 0 Å². The van der Waals surface area contributed by atoms with Crippen LogP contribution >= 0.6 is 0 Å². The average molecular weight is 466 g/mol. The quantitative estimate of drug-likeness (QED) is 0.256. The highest BCUT2D eigenvalue weighted by molar-refractivity contribution is 6.01. The second-order valence-electron chi connectivity index (χ2n) is 7.58. The van der Waals surface area contributed by atoms with Crippen LogP contribution in [0.25, 0.3) is 0 Å². The van der Waals surface area contributed by atoms with E-state index in [4.69, 9.17) is 14.2 Å². The SMILES string of the molecule is COc1ccc(CCC(=O)c2c(O)cc(OC3O[C@H](CO)[C@@H](O)[C@H](O)[C@H]3O)cc2O)cc1O. The molecule has 11 nitrogen and oxygen atoms in total. The molecule has 0 saturated carbocycles. The molecule has 11 heteroatoms. The third-order valence-electron chi connectivity index (χ3n) is 5.33. The van der Waals surface area contributed by atoms with E-state index in [2.05, 4.69) is 0 Å². The van der Waals surface area contributed by atoms with Crippen molar-refractivity contribution in [3.63, 3.8) is 0 Å². The Balaban J connectivity index is 1.70. The third-order valence-corrected chi connectivity index (χ3v) is 5.33. The normalized spacial score (nSPS) is 24.9. The van der Waals surface area contributed by atoms with Crippen LogP contribution < -0.4 is 9.47 Å². The van der Waals surface area contributed by atoms with E-state index in [0.717, 1.165) is 12.1 Å². The number of hydrogen-bond acceptors (Lipinski definition) is 11. The van der Waals surface area contributed by atoms with Crippen molar-refractivity contribution in [3.8, 4) is 28.7 Å². The Morgan fingerprint density at radius 3 is 2.21 bits per heavy atom. The molecule has 0 bridgehead atoms. The number of aliphatic hydroxyl groups is 4.